The zero-order valence-electron chi connectivity index (χ0n) is 21.8. The molecule has 1 fully saturated rings. The van der Waals surface area contributed by atoms with Crippen molar-refractivity contribution in [2.45, 2.75) is 19.4 Å². The Balaban J connectivity index is 1.32. The van der Waals surface area contributed by atoms with Crippen molar-refractivity contribution in [3.63, 3.8) is 0 Å². The summed E-state index contributed by atoms with van der Waals surface area (Å²) in [6.45, 7) is 3.79. The van der Waals surface area contributed by atoms with E-state index >= 15 is 0 Å². The number of ether oxygens (including phenoxy) is 2. The van der Waals surface area contributed by atoms with E-state index in [-0.39, 0.29) is 0 Å². The van der Waals surface area contributed by atoms with Crippen LogP contribution in [0.25, 0.3) is 16.6 Å². The number of benzene rings is 1. The van der Waals surface area contributed by atoms with Gasteiger partial charge in [0.15, 0.2) is 5.65 Å². The van der Waals surface area contributed by atoms with E-state index < -0.39 is 0 Å². The summed E-state index contributed by atoms with van der Waals surface area (Å²) in [5.41, 5.74) is 4.26. The maximum atomic E-state index is 6.14. The summed E-state index contributed by atoms with van der Waals surface area (Å²) in [6, 6.07) is 10.1. The minimum atomic E-state index is 0.455. The number of pyridine rings is 2. The molecule has 0 bridgehead atoms. The second-order valence-corrected chi connectivity index (χ2v) is 9.58. The van der Waals surface area contributed by atoms with Gasteiger partial charge in [0.05, 0.1) is 24.2 Å². The first-order valence-corrected chi connectivity index (χ1v) is 12.4. The zero-order valence-corrected chi connectivity index (χ0v) is 21.8. The van der Waals surface area contributed by atoms with Crippen LogP contribution in [0.15, 0.2) is 55.4 Å². The zero-order chi connectivity index (χ0) is 26.2. The van der Waals surface area contributed by atoms with E-state index in [1.54, 1.807) is 24.1 Å². The molecule has 0 saturated carbocycles. The second kappa shape index (κ2) is 9.75. The summed E-state index contributed by atoms with van der Waals surface area (Å²) >= 11 is 0. The quantitative estimate of drug-likeness (QED) is 0.344. The molecule has 11 nitrogen and oxygen atoms in total. The average Bonchev–Trinajstić information content (AvgIpc) is 3.59. The van der Waals surface area contributed by atoms with Gasteiger partial charge in [-0.05, 0) is 57.3 Å². The molecule has 38 heavy (non-hydrogen) atoms. The molecule has 1 saturated heterocycles. The molecule has 0 amide bonds. The van der Waals surface area contributed by atoms with Crippen LogP contribution in [0.3, 0.4) is 0 Å². The normalized spacial score (nSPS) is 15.5. The molecule has 1 unspecified atom stereocenters. The summed E-state index contributed by atoms with van der Waals surface area (Å²) in [5, 5.41) is 8.51. The monoisotopic (exact) mass is 511 g/mol. The number of anilines is 3. The Bertz CT molecular complexity index is 1620. The van der Waals surface area contributed by atoms with Crippen molar-refractivity contribution in [3.05, 3.63) is 60.9 Å². The third-order valence-corrected chi connectivity index (χ3v) is 6.94. The first-order chi connectivity index (χ1) is 18.5. The molecule has 1 aromatic carbocycles. The number of hydrogen-bond donors (Lipinski definition) is 1. The molecule has 4 aromatic heterocycles. The molecular weight excluding hydrogens is 482 g/mol. The number of nitrogens with zero attached hydrogens (tertiary/aromatic N) is 8. The predicted octanol–water partition coefficient (Wildman–Crippen LogP) is 4.06. The third kappa shape index (κ3) is 4.41. The molecular formula is C27H29N9O2. The molecule has 1 aliphatic heterocycles. The molecule has 194 valence electrons. The lowest BCUT2D eigenvalue weighted by atomic mass is 10.1. The van der Waals surface area contributed by atoms with Gasteiger partial charge in [0.25, 0.3) is 0 Å². The molecule has 1 aliphatic rings. The van der Waals surface area contributed by atoms with E-state index in [0.29, 0.717) is 23.5 Å². The molecule has 1 N–H and O–H groups in total. The summed E-state index contributed by atoms with van der Waals surface area (Å²) < 4.78 is 13.5. The largest absolute Gasteiger partial charge is 0.479 e. The molecule has 6 rings (SSSR count). The predicted molar refractivity (Wildman–Crippen MR) is 146 cm³/mol. The lowest BCUT2D eigenvalue weighted by Gasteiger charge is -2.24. The van der Waals surface area contributed by atoms with Gasteiger partial charge in [0.1, 0.15) is 35.7 Å². The number of aryl methyl sites for hydroxylation is 1. The first kappa shape index (κ1) is 23.9. The summed E-state index contributed by atoms with van der Waals surface area (Å²) in [4.78, 5) is 22.5. The van der Waals surface area contributed by atoms with E-state index in [1.165, 1.54) is 6.33 Å². The van der Waals surface area contributed by atoms with Crippen LogP contribution in [-0.4, -0.2) is 74.8 Å². The highest BCUT2D eigenvalue weighted by Gasteiger charge is 2.29. The van der Waals surface area contributed by atoms with Gasteiger partial charge in [-0.3, -0.25) is 0 Å². The van der Waals surface area contributed by atoms with E-state index in [1.807, 2.05) is 43.5 Å². The average molecular weight is 512 g/mol. The molecule has 0 aliphatic carbocycles. The summed E-state index contributed by atoms with van der Waals surface area (Å²) in [6.07, 6.45) is 7.69. The fraction of sp³-hybridized carbons (Fsp3) is 0.296. The highest BCUT2D eigenvalue weighted by molar-refractivity contribution is 6.02. The summed E-state index contributed by atoms with van der Waals surface area (Å²) in [7, 11) is 5.88. The van der Waals surface area contributed by atoms with Gasteiger partial charge in [0.2, 0.25) is 5.88 Å². The lowest BCUT2D eigenvalue weighted by molar-refractivity contribution is 0.315. The Morgan fingerprint density at radius 2 is 1.95 bits per heavy atom. The van der Waals surface area contributed by atoms with Crippen molar-refractivity contribution < 1.29 is 9.47 Å². The van der Waals surface area contributed by atoms with Gasteiger partial charge < -0.3 is 24.6 Å². The first-order valence-electron chi connectivity index (χ1n) is 12.4. The standard InChI is InChI=1S/C27H29N9O2/c1-17-11-18(5-6-22(17)38-20-8-10-36-23(12-20)30-16-32-36)33-26-24-21(29-15-31-26)13-28-27(37-4)25(24)35-9-7-19(14-35)34(2)3/h5-6,8,10-13,15-16,19H,7,9,14H2,1-4H3,(H,29,31,33). The Labute approximate surface area is 220 Å². The van der Waals surface area contributed by atoms with E-state index in [0.717, 1.165) is 58.7 Å². The van der Waals surface area contributed by atoms with Crippen molar-refractivity contribution in [1.82, 2.24) is 34.4 Å². The number of methoxy groups -OCH3 is 1. The highest BCUT2D eigenvalue weighted by Crippen LogP contribution is 2.40. The van der Waals surface area contributed by atoms with E-state index in [4.69, 9.17) is 9.47 Å². The number of fused-ring (bicyclic) bond motifs is 2. The Hall–Kier alpha value is -4.51. The fourth-order valence-electron chi connectivity index (χ4n) is 4.89. The minimum Gasteiger partial charge on any atom is -0.479 e. The molecule has 0 radical (unpaired) electrons. The van der Waals surface area contributed by atoms with Gasteiger partial charge in [-0.25, -0.2) is 24.5 Å². The Morgan fingerprint density at radius 3 is 2.74 bits per heavy atom. The summed E-state index contributed by atoms with van der Waals surface area (Å²) in [5.74, 6) is 2.72. The number of aromatic nitrogens is 6. The molecule has 5 aromatic rings. The van der Waals surface area contributed by atoms with Gasteiger partial charge in [-0.1, -0.05) is 0 Å². The number of hydrogen-bond acceptors (Lipinski definition) is 10. The van der Waals surface area contributed by atoms with E-state index in [2.05, 4.69) is 54.2 Å². The SMILES string of the molecule is COc1ncc2ncnc(Nc3ccc(Oc4ccn5ncnc5c4)c(C)c3)c2c1N1CCC(N(C)C)C1. The number of rotatable bonds is 7. The van der Waals surface area contributed by atoms with Crippen molar-refractivity contribution in [3.8, 4) is 17.4 Å². The minimum absolute atomic E-state index is 0.455. The molecule has 0 spiro atoms. The van der Waals surface area contributed by atoms with Crippen LogP contribution in [0.2, 0.25) is 0 Å². The second-order valence-electron chi connectivity index (χ2n) is 9.58. The fourth-order valence-corrected chi connectivity index (χ4v) is 4.89. The third-order valence-electron chi connectivity index (χ3n) is 6.94. The van der Waals surface area contributed by atoms with Crippen molar-refractivity contribution >= 4 is 33.7 Å². The van der Waals surface area contributed by atoms with Crippen LogP contribution in [0.5, 0.6) is 17.4 Å². The molecule has 5 heterocycles. The van der Waals surface area contributed by atoms with Crippen LogP contribution in [0.1, 0.15) is 12.0 Å². The van der Waals surface area contributed by atoms with Crippen LogP contribution >= 0.6 is 0 Å². The maximum absolute atomic E-state index is 6.14. The van der Waals surface area contributed by atoms with Crippen LogP contribution < -0.4 is 19.7 Å². The molecule has 1 atom stereocenters. The van der Waals surface area contributed by atoms with E-state index in [9.17, 15) is 0 Å². The van der Waals surface area contributed by atoms with Crippen LogP contribution in [0, 0.1) is 6.92 Å². The Kier molecular flexibility index (Phi) is 6.12. The number of likely N-dealkylation sites (N-methyl/N-ethyl adjacent to an activating group) is 1. The number of nitrogens with one attached hydrogen (secondary N) is 1. The van der Waals surface area contributed by atoms with Gasteiger partial charge in [-0.15, -0.1) is 0 Å². The van der Waals surface area contributed by atoms with Crippen molar-refractivity contribution in [2.24, 2.45) is 0 Å². The van der Waals surface area contributed by atoms with Gasteiger partial charge >= 0.3 is 0 Å². The van der Waals surface area contributed by atoms with Crippen LogP contribution in [0.4, 0.5) is 17.2 Å². The highest BCUT2D eigenvalue weighted by atomic mass is 16.5. The van der Waals surface area contributed by atoms with Gasteiger partial charge in [-0.2, -0.15) is 5.10 Å². The van der Waals surface area contributed by atoms with Crippen LogP contribution in [-0.2, 0) is 0 Å². The smallest absolute Gasteiger partial charge is 0.238 e. The maximum Gasteiger partial charge on any atom is 0.238 e. The van der Waals surface area contributed by atoms with Crippen molar-refractivity contribution in [2.75, 3.05) is 44.5 Å². The van der Waals surface area contributed by atoms with Gasteiger partial charge in [0, 0.05) is 37.1 Å². The topological polar surface area (TPSA) is 106 Å². The van der Waals surface area contributed by atoms with Crippen molar-refractivity contribution in [1.29, 1.82) is 0 Å². The molecule has 11 heteroatoms. The Morgan fingerprint density at radius 1 is 1.05 bits per heavy atom. The lowest BCUT2D eigenvalue weighted by Crippen LogP contribution is -2.31.